The molecule has 3 aromatic rings. The minimum absolute atomic E-state index is 0.00698. The van der Waals surface area contributed by atoms with Gasteiger partial charge in [-0.05, 0) is 36.2 Å². The summed E-state index contributed by atoms with van der Waals surface area (Å²) >= 11 is 0. The van der Waals surface area contributed by atoms with E-state index >= 15 is 8.78 Å². The summed E-state index contributed by atoms with van der Waals surface area (Å²) in [6.45, 7) is -1.60. The molecule has 0 amide bonds. The van der Waals surface area contributed by atoms with Gasteiger partial charge >= 0.3 is 12.1 Å². The largest absolute Gasteiger partial charge is 0.493 e. The minimum Gasteiger partial charge on any atom is -0.493 e. The lowest BCUT2D eigenvalue weighted by atomic mass is 10.1. The molecule has 0 bridgehead atoms. The first-order valence-corrected chi connectivity index (χ1v) is 14.2. The monoisotopic (exact) mass is 621 g/mol. The summed E-state index contributed by atoms with van der Waals surface area (Å²) in [5.74, 6) is -6.92. The molecule has 14 heteroatoms. The highest BCUT2D eigenvalue weighted by Gasteiger charge is 2.35. The topological polar surface area (TPSA) is 72.9 Å². The smallest absolute Gasteiger partial charge is 0.416 e. The van der Waals surface area contributed by atoms with Crippen molar-refractivity contribution in [3.8, 4) is 5.75 Å². The number of methoxy groups -OCH3 is 1. The van der Waals surface area contributed by atoms with Gasteiger partial charge in [0.25, 0.3) is 5.92 Å². The van der Waals surface area contributed by atoms with Crippen LogP contribution in [-0.2, 0) is 33.2 Å². The number of nitrogens with zero attached hydrogens (tertiary/aromatic N) is 1. The Morgan fingerprint density at radius 1 is 0.929 bits per heavy atom. The first-order chi connectivity index (χ1) is 19.5. The van der Waals surface area contributed by atoms with Crippen LogP contribution in [-0.4, -0.2) is 52.3 Å². The van der Waals surface area contributed by atoms with Gasteiger partial charge in [-0.1, -0.05) is 30.3 Å². The molecule has 0 aromatic heterocycles. The van der Waals surface area contributed by atoms with Gasteiger partial charge in [-0.2, -0.15) is 22.0 Å². The average molecular weight is 622 g/mol. The molecule has 0 atom stereocenters. The Labute approximate surface area is 237 Å². The van der Waals surface area contributed by atoms with E-state index in [9.17, 15) is 35.2 Å². The van der Waals surface area contributed by atoms with Gasteiger partial charge in [-0.15, -0.1) is 0 Å². The van der Waals surface area contributed by atoms with Crippen molar-refractivity contribution in [2.75, 3.05) is 33.1 Å². The summed E-state index contributed by atoms with van der Waals surface area (Å²) in [5.41, 5.74) is -2.14. The molecule has 0 spiro atoms. The quantitative estimate of drug-likeness (QED) is 0.136. The summed E-state index contributed by atoms with van der Waals surface area (Å²) in [6.07, 6.45) is -3.88. The van der Waals surface area contributed by atoms with Crippen molar-refractivity contribution in [1.29, 1.82) is 0 Å². The van der Waals surface area contributed by atoms with Crippen molar-refractivity contribution < 1.29 is 53.4 Å². The van der Waals surface area contributed by atoms with E-state index in [2.05, 4.69) is 4.74 Å². The average Bonchev–Trinajstić information content (AvgIpc) is 2.89. The van der Waals surface area contributed by atoms with Crippen molar-refractivity contribution in [2.24, 2.45) is 0 Å². The molecular weight excluding hydrogens is 595 g/mol. The molecule has 0 fully saturated rings. The lowest BCUT2D eigenvalue weighted by Gasteiger charge is -2.28. The zero-order chi connectivity index (χ0) is 31.3. The molecule has 0 aliphatic rings. The number of alkyl halides is 5. The van der Waals surface area contributed by atoms with Crippen LogP contribution in [0.4, 0.5) is 30.7 Å². The second kappa shape index (κ2) is 13.1. The Balaban J connectivity index is 1.79. The van der Waals surface area contributed by atoms with Crippen LogP contribution in [0, 0.1) is 11.6 Å². The fraction of sp³-hybridized carbons (Fsp3) is 0.321. The fourth-order valence-corrected chi connectivity index (χ4v) is 4.98. The molecule has 0 heterocycles. The third-order valence-electron chi connectivity index (χ3n) is 6.05. The molecule has 0 unspecified atom stereocenters. The van der Waals surface area contributed by atoms with Crippen molar-refractivity contribution in [1.82, 2.24) is 4.90 Å². The Morgan fingerprint density at radius 3 is 2.19 bits per heavy atom. The number of rotatable bonds is 12. The van der Waals surface area contributed by atoms with E-state index in [1.165, 1.54) is 11.0 Å². The van der Waals surface area contributed by atoms with E-state index in [0.29, 0.717) is 0 Å². The molecular formula is C28H26F7NO5S. The van der Waals surface area contributed by atoms with Crippen LogP contribution < -0.4 is 4.74 Å². The Bertz CT molecular complexity index is 1510. The van der Waals surface area contributed by atoms with Crippen LogP contribution >= 0.6 is 0 Å². The minimum atomic E-state index is -4.64. The second-order valence-electron chi connectivity index (χ2n) is 9.36. The van der Waals surface area contributed by atoms with Gasteiger partial charge in [-0.3, -0.25) is 4.90 Å². The standard InChI is InChI=1S/C28H26F7NO5S/c1-40-26(37)25-23(30)14-22(15-24(25)42(2,38)39)41-12-4-11-36(16-18-5-3-6-20(13-18)28(33,34)35)17-27(31,32)19-7-9-21(29)10-8-19/h3,5-10,13-15H,4,11-12,16-17H2,1-2H3. The summed E-state index contributed by atoms with van der Waals surface area (Å²) in [4.78, 5) is 12.4. The van der Waals surface area contributed by atoms with Gasteiger partial charge in [0.2, 0.25) is 0 Å². The van der Waals surface area contributed by atoms with Gasteiger partial charge in [0, 0.05) is 31.0 Å². The molecule has 0 saturated heterocycles. The third kappa shape index (κ3) is 8.68. The first-order valence-electron chi connectivity index (χ1n) is 12.3. The Kier molecular flexibility index (Phi) is 10.3. The van der Waals surface area contributed by atoms with Gasteiger partial charge in [0.15, 0.2) is 9.84 Å². The van der Waals surface area contributed by atoms with E-state index in [-0.39, 0.29) is 37.4 Å². The first kappa shape index (κ1) is 32.9. The number of hydrogen-bond donors (Lipinski definition) is 0. The van der Waals surface area contributed by atoms with Crippen molar-refractivity contribution >= 4 is 15.8 Å². The molecule has 3 aromatic carbocycles. The van der Waals surface area contributed by atoms with Crippen LogP contribution in [0.25, 0.3) is 0 Å². The van der Waals surface area contributed by atoms with Crippen molar-refractivity contribution in [3.63, 3.8) is 0 Å². The molecule has 6 nitrogen and oxygen atoms in total. The number of carbonyl (C=O) groups excluding carboxylic acids is 1. The predicted octanol–water partition coefficient (Wildman–Crippen LogP) is 6.24. The molecule has 0 aliphatic heterocycles. The lowest BCUT2D eigenvalue weighted by Crippen LogP contribution is -2.36. The number of carbonyl (C=O) groups is 1. The number of sulfone groups is 1. The van der Waals surface area contributed by atoms with Gasteiger partial charge in [-0.25, -0.2) is 22.0 Å². The summed E-state index contributed by atoms with van der Waals surface area (Å²) < 4.78 is 132. The SMILES string of the molecule is COC(=O)c1c(F)cc(OCCCN(Cc2cccc(C(F)(F)F)c2)CC(F)(F)c2ccc(F)cc2)cc1S(C)(=O)=O. The van der Waals surface area contributed by atoms with E-state index in [4.69, 9.17) is 4.74 Å². The van der Waals surface area contributed by atoms with E-state index in [1.54, 1.807) is 0 Å². The van der Waals surface area contributed by atoms with Crippen LogP contribution in [0.2, 0.25) is 0 Å². The summed E-state index contributed by atoms with van der Waals surface area (Å²) in [6, 6.07) is 9.45. The zero-order valence-electron chi connectivity index (χ0n) is 22.4. The molecule has 0 N–H and O–H groups in total. The van der Waals surface area contributed by atoms with Gasteiger partial charge in [0.1, 0.15) is 22.9 Å². The maximum absolute atomic E-state index is 15.1. The number of hydrogen-bond acceptors (Lipinski definition) is 6. The third-order valence-corrected chi connectivity index (χ3v) is 7.17. The highest BCUT2D eigenvalue weighted by molar-refractivity contribution is 7.90. The zero-order valence-corrected chi connectivity index (χ0v) is 23.2. The molecule has 0 saturated carbocycles. The molecule has 3 rings (SSSR count). The van der Waals surface area contributed by atoms with Crippen LogP contribution in [0.15, 0.2) is 65.6 Å². The van der Waals surface area contributed by atoms with E-state index in [0.717, 1.165) is 68.0 Å². The van der Waals surface area contributed by atoms with Crippen LogP contribution in [0.3, 0.4) is 0 Å². The highest BCUT2D eigenvalue weighted by Crippen LogP contribution is 2.32. The van der Waals surface area contributed by atoms with Crippen molar-refractivity contribution in [3.05, 3.63) is 94.6 Å². The summed E-state index contributed by atoms with van der Waals surface area (Å²) in [5, 5.41) is 0. The normalized spacial score (nSPS) is 12.4. The van der Waals surface area contributed by atoms with Crippen LogP contribution in [0.5, 0.6) is 5.75 Å². The van der Waals surface area contributed by atoms with Gasteiger partial charge in [0.05, 0.1) is 30.7 Å². The van der Waals surface area contributed by atoms with E-state index < -0.39 is 67.7 Å². The molecule has 42 heavy (non-hydrogen) atoms. The number of esters is 1. The molecule has 0 radical (unpaired) electrons. The lowest BCUT2D eigenvalue weighted by molar-refractivity contribution is -0.137. The number of benzene rings is 3. The van der Waals surface area contributed by atoms with Crippen molar-refractivity contribution in [2.45, 2.75) is 30.0 Å². The number of ether oxygens (including phenoxy) is 2. The predicted molar refractivity (Wildman–Crippen MR) is 138 cm³/mol. The maximum atomic E-state index is 15.1. The Hall–Kier alpha value is -3.65. The van der Waals surface area contributed by atoms with E-state index in [1.807, 2.05) is 0 Å². The molecule has 228 valence electrons. The Morgan fingerprint density at radius 2 is 1.60 bits per heavy atom. The van der Waals surface area contributed by atoms with Gasteiger partial charge < -0.3 is 9.47 Å². The fourth-order valence-electron chi connectivity index (χ4n) is 4.10. The summed E-state index contributed by atoms with van der Waals surface area (Å²) in [7, 11) is -3.14. The molecule has 0 aliphatic carbocycles. The second-order valence-corrected chi connectivity index (χ2v) is 11.3. The highest BCUT2D eigenvalue weighted by atomic mass is 32.2. The maximum Gasteiger partial charge on any atom is 0.416 e. The van der Waals surface area contributed by atoms with Crippen LogP contribution in [0.1, 0.15) is 33.5 Å². The number of halogens is 7.